The van der Waals surface area contributed by atoms with Crippen molar-refractivity contribution in [2.24, 2.45) is 11.7 Å². The Bertz CT molecular complexity index is 711. The van der Waals surface area contributed by atoms with E-state index in [4.69, 9.17) is 5.73 Å². The minimum absolute atomic E-state index is 0. The van der Waals surface area contributed by atoms with E-state index in [9.17, 15) is 9.59 Å². The van der Waals surface area contributed by atoms with Gasteiger partial charge in [0, 0.05) is 48.2 Å². The molecule has 1 aromatic heterocycles. The third-order valence-corrected chi connectivity index (χ3v) is 4.74. The maximum Gasteiger partial charge on any atom is 0.253 e. The SMILES string of the molecule is CC(N)C1CCCN(C(=O)c2ccc(C(=O)c3cc[nH]c3)cc2)C1.Cl. The van der Waals surface area contributed by atoms with Crippen LogP contribution in [0.2, 0.25) is 0 Å². The number of carbonyl (C=O) groups excluding carboxylic acids is 2. The summed E-state index contributed by atoms with van der Waals surface area (Å²) in [6.45, 7) is 3.48. The number of H-pyrrole nitrogens is 1. The summed E-state index contributed by atoms with van der Waals surface area (Å²) in [5, 5.41) is 0. The lowest BCUT2D eigenvalue weighted by molar-refractivity contribution is 0.0660. The number of nitrogens with two attached hydrogens (primary N) is 1. The number of likely N-dealkylation sites (tertiary alicyclic amines) is 1. The van der Waals surface area contributed by atoms with Crippen molar-refractivity contribution < 1.29 is 9.59 Å². The molecular formula is C19H24ClN3O2. The number of hydrogen-bond donors (Lipinski definition) is 2. The molecule has 3 N–H and O–H groups in total. The summed E-state index contributed by atoms with van der Waals surface area (Å²) in [7, 11) is 0. The smallest absolute Gasteiger partial charge is 0.253 e. The highest BCUT2D eigenvalue weighted by molar-refractivity contribution is 6.09. The molecule has 2 unspecified atom stereocenters. The van der Waals surface area contributed by atoms with Gasteiger partial charge in [0.15, 0.2) is 5.78 Å². The summed E-state index contributed by atoms with van der Waals surface area (Å²) < 4.78 is 0. The Labute approximate surface area is 154 Å². The van der Waals surface area contributed by atoms with E-state index >= 15 is 0 Å². The standard InChI is InChI=1S/C19H23N3O2.ClH/c1-13(20)17-3-2-10-22(12-17)19(24)15-6-4-14(5-7-15)18(23)16-8-9-21-11-16;/h4-9,11,13,17,21H,2-3,10,12,20H2,1H3;1H. The minimum Gasteiger partial charge on any atom is -0.367 e. The summed E-state index contributed by atoms with van der Waals surface area (Å²) in [6.07, 6.45) is 5.45. The van der Waals surface area contributed by atoms with E-state index in [1.54, 1.807) is 42.7 Å². The third kappa shape index (κ3) is 4.30. The molecule has 0 radical (unpaired) electrons. The van der Waals surface area contributed by atoms with Crippen LogP contribution in [0.1, 0.15) is 46.0 Å². The van der Waals surface area contributed by atoms with Gasteiger partial charge in [-0.15, -0.1) is 12.4 Å². The second kappa shape index (κ2) is 8.32. The Hall–Kier alpha value is -2.11. The number of hydrogen-bond acceptors (Lipinski definition) is 3. The van der Waals surface area contributed by atoms with E-state index in [0.29, 0.717) is 29.2 Å². The molecule has 1 fully saturated rings. The van der Waals surface area contributed by atoms with Crippen LogP contribution in [-0.2, 0) is 0 Å². The van der Waals surface area contributed by atoms with Gasteiger partial charge in [-0.05, 0) is 43.9 Å². The normalized spacial score (nSPS) is 18.3. The van der Waals surface area contributed by atoms with Crippen molar-refractivity contribution >= 4 is 24.1 Å². The Balaban J connectivity index is 0.00000225. The number of amides is 1. The van der Waals surface area contributed by atoms with E-state index in [0.717, 1.165) is 19.4 Å². The Morgan fingerprint density at radius 2 is 1.84 bits per heavy atom. The largest absolute Gasteiger partial charge is 0.367 e. The van der Waals surface area contributed by atoms with Crippen LogP contribution in [0.15, 0.2) is 42.7 Å². The average Bonchev–Trinajstić information content (AvgIpc) is 3.15. The Kier molecular flexibility index (Phi) is 6.39. The van der Waals surface area contributed by atoms with E-state index in [1.807, 2.05) is 11.8 Å². The van der Waals surface area contributed by atoms with Gasteiger partial charge in [0.05, 0.1) is 0 Å². The van der Waals surface area contributed by atoms with Crippen LogP contribution in [0.3, 0.4) is 0 Å². The summed E-state index contributed by atoms with van der Waals surface area (Å²) in [5.74, 6) is 0.323. The molecule has 2 heterocycles. The molecule has 0 spiro atoms. The quantitative estimate of drug-likeness (QED) is 0.822. The maximum absolute atomic E-state index is 12.7. The highest BCUT2D eigenvalue weighted by Crippen LogP contribution is 2.21. The fourth-order valence-corrected chi connectivity index (χ4v) is 3.20. The maximum atomic E-state index is 12.7. The molecule has 134 valence electrons. The molecule has 2 atom stereocenters. The van der Waals surface area contributed by atoms with Crippen molar-refractivity contribution in [3.05, 3.63) is 59.4 Å². The van der Waals surface area contributed by atoms with Gasteiger partial charge in [-0.1, -0.05) is 12.1 Å². The molecule has 1 aliphatic heterocycles. The third-order valence-electron chi connectivity index (χ3n) is 4.74. The number of rotatable bonds is 4. The number of aromatic amines is 1. The molecule has 25 heavy (non-hydrogen) atoms. The molecule has 1 aliphatic rings. The molecular weight excluding hydrogens is 338 g/mol. The zero-order valence-corrected chi connectivity index (χ0v) is 15.1. The number of ketones is 1. The van der Waals surface area contributed by atoms with Gasteiger partial charge in [0.1, 0.15) is 0 Å². The predicted octanol–water partition coefficient (Wildman–Crippen LogP) is 2.87. The second-order valence-electron chi connectivity index (χ2n) is 6.52. The van der Waals surface area contributed by atoms with Crippen molar-refractivity contribution in [1.29, 1.82) is 0 Å². The molecule has 0 saturated carbocycles. The number of piperidine rings is 1. The van der Waals surface area contributed by atoms with E-state index in [2.05, 4.69) is 4.98 Å². The van der Waals surface area contributed by atoms with Crippen LogP contribution in [0.4, 0.5) is 0 Å². The van der Waals surface area contributed by atoms with Crippen molar-refractivity contribution in [3.63, 3.8) is 0 Å². The number of benzene rings is 1. The van der Waals surface area contributed by atoms with Crippen LogP contribution >= 0.6 is 12.4 Å². The van der Waals surface area contributed by atoms with Gasteiger partial charge in [0.2, 0.25) is 0 Å². The van der Waals surface area contributed by atoms with Gasteiger partial charge in [0.25, 0.3) is 5.91 Å². The first kappa shape index (κ1) is 19.2. The van der Waals surface area contributed by atoms with Gasteiger partial charge < -0.3 is 15.6 Å². The number of halogens is 1. The highest BCUT2D eigenvalue weighted by atomic mass is 35.5. The monoisotopic (exact) mass is 361 g/mol. The lowest BCUT2D eigenvalue weighted by Gasteiger charge is -2.34. The lowest BCUT2D eigenvalue weighted by Crippen LogP contribution is -2.45. The molecule has 0 aliphatic carbocycles. The van der Waals surface area contributed by atoms with E-state index in [1.165, 1.54) is 0 Å². The van der Waals surface area contributed by atoms with Crippen molar-refractivity contribution in [2.45, 2.75) is 25.8 Å². The molecule has 2 aromatic rings. The van der Waals surface area contributed by atoms with Gasteiger partial charge in [-0.2, -0.15) is 0 Å². The summed E-state index contributed by atoms with van der Waals surface area (Å²) >= 11 is 0. The van der Waals surface area contributed by atoms with Crippen LogP contribution in [0.5, 0.6) is 0 Å². The molecule has 1 amide bonds. The summed E-state index contributed by atoms with van der Waals surface area (Å²) in [5.41, 5.74) is 7.80. The van der Waals surface area contributed by atoms with Crippen LogP contribution in [0.25, 0.3) is 0 Å². The van der Waals surface area contributed by atoms with Gasteiger partial charge in [-0.25, -0.2) is 0 Å². The highest BCUT2D eigenvalue weighted by Gasteiger charge is 2.26. The average molecular weight is 362 g/mol. The van der Waals surface area contributed by atoms with Crippen molar-refractivity contribution in [3.8, 4) is 0 Å². The lowest BCUT2D eigenvalue weighted by atomic mass is 9.92. The molecule has 1 saturated heterocycles. The fourth-order valence-electron chi connectivity index (χ4n) is 3.20. The first-order chi connectivity index (χ1) is 11.6. The topological polar surface area (TPSA) is 79.2 Å². The van der Waals surface area contributed by atoms with E-state index in [-0.39, 0.29) is 30.1 Å². The second-order valence-corrected chi connectivity index (χ2v) is 6.52. The minimum atomic E-state index is -0.0507. The number of nitrogens with one attached hydrogen (secondary N) is 1. The van der Waals surface area contributed by atoms with Crippen LogP contribution in [0, 0.1) is 5.92 Å². The number of nitrogens with zero attached hydrogens (tertiary/aromatic N) is 1. The van der Waals surface area contributed by atoms with Gasteiger partial charge in [-0.3, -0.25) is 9.59 Å². The molecule has 5 nitrogen and oxygen atoms in total. The van der Waals surface area contributed by atoms with Crippen molar-refractivity contribution in [2.75, 3.05) is 13.1 Å². The Morgan fingerprint density at radius 1 is 1.16 bits per heavy atom. The first-order valence-corrected chi connectivity index (χ1v) is 8.38. The van der Waals surface area contributed by atoms with Crippen molar-refractivity contribution in [1.82, 2.24) is 9.88 Å². The first-order valence-electron chi connectivity index (χ1n) is 8.38. The molecule has 3 rings (SSSR count). The van der Waals surface area contributed by atoms with Gasteiger partial charge >= 0.3 is 0 Å². The molecule has 1 aromatic carbocycles. The molecule has 6 heteroatoms. The number of aromatic nitrogens is 1. The Morgan fingerprint density at radius 3 is 2.44 bits per heavy atom. The summed E-state index contributed by atoms with van der Waals surface area (Å²) in [4.78, 5) is 29.7. The van der Waals surface area contributed by atoms with Crippen LogP contribution < -0.4 is 5.73 Å². The fraction of sp³-hybridized carbons (Fsp3) is 0.368. The van der Waals surface area contributed by atoms with Crippen LogP contribution in [-0.4, -0.2) is 40.7 Å². The summed E-state index contributed by atoms with van der Waals surface area (Å²) in [6, 6.07) is 8.74. The van der Waals surface area contributed by atoms with E-state index < -0.39 is 0 Å². The zero-order valence-electron chi connectivity index (χ0n) is 14.3. The number of carbonyl (C=O) groups is 2. The predicted molar refractivity (Wildman–Crippen MR) is 100 cm³/mol. The molecule has 0 bridgehead atoms. The zero-order chi connectivity index (χ0) is 17.1.